The lowest BCUT2D eigenvalue weighted by molar-refractivity contribution is -0.00966. The van der Waals surface area contributed by atoms with Gasteiger partial charge in [0.2, 0.25) is 0 Å². The van der Waals surface area contributed by atoms with Gasteiger partial charge < -0.3 is 9.47 Å². The first-order valence-electron chi connectivity index (χ1n) is 16.9. The molecule has 9 aliphatic rings. The Morgan fingerprint density at radius 1 is 0.641 bits per heavy atom. The Kier molecular flexibility index (Phi) is 5.46. The fourth-order valence-electron chi connectivity index (χ4n) is 12.3. The summed E-state index contributed by atoms with van der Waals surface area (Å²) in [6.45, 7) is 16.4. The summed E-state index contributed by atoms with van der Waals surface area (Å²) in [5.74, 6) is 7.04. The molecule has 1 unspecified atom stereocenters. The lowest BCUT2D eigenvalue weighted by atomic mass is 9.45. The molecule has 39 heavy (non-hydrogen) atoms. The number of benzene rings is 1. The number of hydrogen-bond acceptors (Lipinski definition) is 2. The van der Waals surface area contributed by atoms with E-state index in [-0.39, 0.29) is 16.9 Å². The number of rotatable bonds is 5. The first kappa shape index (κ1) is 25.7. The van der Waals surface area contributed by atoms with Crippen LogP contribution >= 0.6 is 0 Å². The molecule has 10 rings (SSSR count). The molecular weight excluding hydrogens is 476 g/mol. The standard InChI is InChI=1S/C37H54O2/c1-34(2,3)31-29(36-14-22-7-23(15-36)9-24(8-22)16-36)13-30(32(35(4,5)6)33(31)39-21-28-20-38-28)37-17-25-10-26(18-37)12-27(11-25)19-37/h13,22-28H,7-12,14-21H2,1-6H3. The van der Waals surface area contributed by atoms with Gasteiger partial charge in [0.25, 0.3) is 0 Å². The Morgan fingerprint density at radius 2 is 0.974 bits per heavy atom. The molecule has 2 nitrogen and oxygen atoms in total. The van der Waals surface area contributed by atoms with Crippen LogP contribution in [0.4, 0.5) is 0 Å². The fraction of sp³-hybridized carbons (Fsp3) is 0.838. The van der Waals surface area contributed by atoms with Crippen molar-refractivity contribution in [3.63, 3.8) is 0 Å². The monoisotopic (exact) mass is 530 g/mol. The zero-order chi connectivity index (χ0) is 26.9. The summed E-state index contributed by atoms with van der Waals surface area (Å²) in [7, 11) is 0. The van der Waals surface area contributed by atoms with Gasteiger partial charge in [-0.3, -0.25) is 0 Å². The molecule has 1 aromatic carbocycles. The van der Waals surface area contributed by atoms with Gasteiger partial charge in [-0.15, -0.1) is 0 Å². The van der Waals surface area contributed by atoms with Crippen LogP contribution < -0.4 is 4.74 Å². The minimum atomic E-state index is 0.0540. The van der Waals surface area contributed by atoms with E-state index in [2.05, 4.69) is 47.6 Å². The maximum atomic E-state index is 7.13. The van der Waals surface area contributed by atoms with Crippen LogP contribution in [0, 0.1) is 35.5 Å². The summed E-state index contributed by atoms with van der Waals surface area (Å²) in [5, 5.41) is 0. The second-order valence-corrected chi connectivity index (χ2v) is 18.2. The highest BCUT2D eigenvalue weighted by atomic mass is 16.6. The maximum Gasteiger partial charge on any atom is 0.127 e. The minimum absolute atomic E-state index is 0.0540. The second-order valence-electron chi connectivity index (χ2n) is 18.2. The first-order valence-corrected chi connectivity index (χ1v) is 16.9. The summed E-state index contributed by atoms with van der Waals surface area (Å²) in [5.41, 5.74) is 7.50. The van der Waals surface area contributed by atoms with Crippen molar-refractivity contribution in [2.45, 2.75) is 146 Å². The Bertz CT molecular complexity index is 1000. The molecule has 1 atom stereocenters. The Balaban J connectivity index is 1.39. The van der Waals surface area contributed by atoms with Crippen molar-refractivity contribution in [3.05, 3.63) is 28.3 Å². The zero-order valence-corrected chi connectivity index (χ0v) is 25.8. The third-order valence-electron chi connectivity index (χ3n) is 12.8. The van der Waals surface area contributed by atoms with Crippen LogP contribution in [-0.4, -0.2) is 19.3 Å². The average Bonchev–Trinajstić information content (AvgIpc) is 3.63. The van der Waals surface area contributed by atoms with E-state index in [4.69, 9.17) is 9.47 Å². The van der Waals surface area contributed by atoms with Crippen molar-refractivity contribution in [2.75, 3.05) is 13.2 Å². The molecule has 0 N–H and O–H groups in total. The van der Waals surface area contributed by atoms with E-state index in [1.165, 1.54) is 82.8 Å². The number of hydrogen-bond donors (Lipinski definition) is 0. The Labute approximate surface area is 238 Å². The highest BCUT2D eigenvalue weighted by Gasteiger charge is 2.57. The largest absolute Gasteiger partial charge is 0.490 e. The van der Waals surface area contributed by atoms with Crippen LogP contribution in [0.25, 0.3) is 0 Å². The Hall–Kier alpha value is -1.02. The lowest BCUT2D eigenvalue weighted by Gasteiger charge is -2.60. The molecule has 0 aromatic heterocycles. The molecule has 9 fully saturated rings. The Morgan fingerprint density at radius 3 is 1.26 bits per heavy atom. The zero-order valence-electron chi connectivity index (χ0n) is 25.8. The summed E-state index contributed by atoms with van der Waals surface area (Å²) < 4.78 is 12.8. The van der Waals surface area contributed by atoms with Gasteiger partial charge in [0.15, 0.2) is 0 Å². The van der Waals surface area contributed by atoms with Gasteiger partial charge >= 0.3 is 0 Å². The quantitative estimate of drug-likeness (QED) is 0.354. The van der Waals surface area contributed by atoms with E-state index < -0.39 is 0 Å². The van der Waals surface area contributed by atoms with Crippen LogP contribution in [-0.2, 0) is 26.4 Å². The smallest absolute Gasteiger partial charge is 0.127 e. The highest BCUT2D eigenvalue weighted by Crippen LogP contribution is 2.66. The summed E-state index contributed by atoms with van der Waals surface area (Å²) in [6.07, 6.45) is 17.9. The van der Waals surface area contributed by atoms with E-state index in [1.54, 1.807) is 22.3 Å². The van der Waals surface area contributed by atoms with Crippen molar-refractivity contribution in [2.24, 2.45) is 35.5 Å². The summed E-state index contributed by atoms with van der Waals surface area (Å²) in [6, 6.07) is 2.90. The number of ether oxygens (including phenoxy) is 2. The van der Waals surface area contributed by atoms with E-state index in [0.717, 1.165) is 48.7 Å². The van der Waals surface area contributed by atoms with Crippen LogP contribution in [0.15, 0.2) is 6.07 Å². The minimum Gasteiger partial charge on any atom is -0.490 e. The molecule has 0 amide bonds. The molecular formula is C37H54O2. The molecule has 1 aliphatic heterocycles. The average molecular weight is 531 g/mol. The van der Waals surface area contributed by atoms with E-state index >= 15 is 0 Å². The van der Waals surface area contributed by atoms with Gasteiger partial charge in [-0.1, -0.05) is 47.6 Å². The van der Waals surface area contributed by atoms with Crippen LogP contribution in [0.5, 0.6) is 5.75 Å². The third kappa shape index (κ3) is 4.11. The molecule has 0 spiro atoms. The van der Waals surface area contributed by atoms with Crippen molar-refractivity contribution < 1.29 is 9.47 Å². The van der Waals surface area contributed by atoms with Gasteiger partial charge in [-0.05, 0) is 145 Å². The van der Waals surface area contributed by atoms with Crippen LogP contribution in [0.1, 0.15) is 141 Å². The molecule has 1 saturated heterocycles. The molecule has 214 valence electrons. The van der Waals surface area contributed by atoms with E-state index in [0.29, 0.717) is 10.8 Å². The van der Waals surface area contributed by atoms with Crippen molar-refractivity contribution in [3.8, 4) is 5.75 Å². The topological polar surface area (TPSA) is 21.8 Å². The molecule has 8 aliphatic carbocycles. The maximum absolute atomic E-state index is 7.13. The van der Waals surface area contributed by atoms with Gasteiger partial charge in [0.05, 0.1) is 6.61 Å². The highest BCUT2D eigenvalue weighted by molar-refractivity contribution is 5.61. The summed E-state index contributed by atoms with van der Waals surface area (Å²) >= 11 is 0. The van der Waals surface area contributed by atoms with Gasteiger partial charge in [0.1, 0.15) is 18.5 Å². The van der Waals surface area contributed by atoms with Crippen molar-refractivity contribution >= 4 is 0 Å². The fourth-order valence-corrected chi connectivity index (χ4v) is 12.3. The van der Waals surface area contributed by atoms with E-state index in [1.807, 2.05) is 0 Å². The molecule has 2 heteroatoms. The predicted octanol–water partition coefficient (Wildman–Crippen LogP) is 8.99. The van der Waals surface area contributed by atoms with Gasteiger partial charge in [0, 0.05) is 11.1 Å². The van der Waals surface area contributed by atoms with Crippen LogP contribution in [0.3, 0.4) is 0 Å². The van der Waals surface area contributed by atoms with Crippen LogP contribution in [0.2, 0.25) is 0 Å². The lowest BCUT2D eigenvalue weighted by Crippen LogP contribution is -2.51. The van der Waals surface area contributed by atoms with Crippen molar-refractivity contribution in [1.82, 2.24) is 0 Å². The molecule has 0 radical (unpaired) electrons. The predicted molar refractivity (Wildman–Crippen MR) is 159 cm³/mol. The number of epoxide rings is 1. The van der Waals surface area contributed by atoms with Gasteiger partial charge in [-0.2, -0.15) is 0 Å². The summed E-state index contributed by atoms with van der Waals surface area (Å²) in [4.78, 5) is 0. The molecule has 1 aromatic rings. The third-order valence-corrected chi connectivity index (χ3v) is 12.8. The molecule has 1 heterocycles. The van der Waals surface area contributed by atoms with E-state index in [9.17, 15) is 0 Å². The SMILES string of the molecule is CC(C)(C)c1c(C23CC4CC(CC(C4)C2)C3)cc(C23CC4CC(CC(C4)C2)C3)c(C(C)(C)C)c1OCC1CO1. The van der Waals surface area contributed by atoms with Gasteiger partial charge in [-0.25, -0.2) is 0 Å². The molecule has 8 bridgehead atoms. The normalized spacial score (nSPS) is 43.8. The second kappa shape index (κ2) is 8.29. The van der Waals surface area contributed by atoms with Crippen molar-refractivity contribution in [1.29, 1.82) is 0 Å². The first-order chi connectivity index (χ1) is 18.4. The molecule has 8 saturated carbocycles.